The summed E-state index contributed by atoms with van der Waals surface area (Å²) >= 11 is 0. The molecule has 0 saturated heterocycles. The zero-order valence-electron chi connectivity index (χ0n) is 12.8. The van der Waals surface area contributed by atoms with Crippen LogP contribution in [0.1, 0.15) is 50.4 Å². The minimum absolute atomic E-state index is 0.0524. The van der Waals surface area contributed by atoms with Crippen molar-refractivity contribution < 1.29 is 4.39 Å². The van der Waals surface area contributed by atoms with E-state index in [0.29, 0.717) is 0 Å². The van der Waals surface area contributed by atoms with E-state index in [0.717, 1.165) is 17.8 Å². The highest BCUT2D eigenvalue weighted by atomic mass is 19.1. The van der Waals surface area contributed by atoms with E-state index in [1.807, 2.05) is 6.92 Å². The molecule has 2 nitrogen and oxygen atoms in total. The average molecular weight is 286 g/mol. The summed E-state index contributed by atoms with van der Waals surface area (Å²) in [5.74, 6) is -0.303. The lowest BCUT2D eigenvalue weighted by Gasteiger charge is -2.15. The van der Waals surface area contributed by atoms with E-state index < -0.39 is 0 Å². The largest absolute Gasteiger partial charge is 0.377 e. The van der Waals surface area contributed by atoms with Crippen LogP contribution in [-0.2, 0) is 6.42 Å². The summed E-state index contributed by atoms with van der Waals surface area (Å²) in [4.78, 5) is 4.10. The van der Waals surface area contributed by atoms with Crippen molar-refractivity contribution in [2.45, 2.75) is 45.6 Å². The van der Waals surface area contributed by atoms with E-state index in [-0.39, 0.29) is 11.9 Å². The molecule has 1 N–H and O–H groups in total. The maximum absolute atomic E-state index is 12.9. The van der Waals surface area contributed by atoms with Crippen LogP contribution in [0.25, 0.3) is 0 Å². The fourth-order valence-corrected chi connectivity index (χ4v) is 2.31. The molecule has 3 heteroatoms. The topological polar surface area (TPSA) is 24.9 Å². The summed E-state index contributed by atoms with van der Waals surface area (Å²) in [7, 11) is 0. The lowest BCUT2D eigenvalue weighted by Crippen LogP contribution is -2.08. The Morgan fingerprint density at radius 1 is 1.10 bits per heavy atom. The third-order valence-corrected chi connectivity index (χ3v) is 3.60. The molecule has 0 spiro atoms. The summed E-state index contributed by atoms with van der Waals surface area (Å²) < 4.78 is 12.9. The molecule has 0 aliphatic carbocycles. The van der Waals surface area contributed by atoms with Crippen molar-refractivity contribution >= 4 is 5.69 Å². The second kappa shape index (κ2) is 7.77. The number of hydrogen-bond acceptors (Lipinski definition) is 2. The number of anilines is 1. The predicted molar refractivity (Wildman–Crippen MR) is 85.9 cm³/mol. The molecule has 0 saturated carbocycles. The number of unbranched alkanes of at least 4 members (excludes halogenated alkanes) is 2. The number of benzene rings is 1. The summed E-state index contributed by atoms with van der Waals surface area (Å²) in [6.45, 7) is 4.24. The molecular weight excluding hydrogens is 263 g/mol. The molecule has 0 aliphatic rings. The van der Waals surface area contributed by atoms with Gasteiger partial charge in [0.25, 0.3) is 0 Å². The summed E-state index contributed by atoms with van der Waals surface area (Å²) in [6, 6.07) is 11.7. The van der Waals surface area contributed by atoms with Crippen LogP contribution in [0.15, 0.2) is 42.6 Å². The highest BCUT2D eigenvalue weighted by Gasteiger charge is 2.06. The lowest BCUT2D eigenvalue weighted by atomic mass is 10.1. The molecule has 112 valence electrons. The maximum Gasteiger partial charge on any atom is 0.141 e. The normalized spacial score (nSPS) is 12.1. The average Bonchev–Trinajstić information content (AvgIpc) is 2.50. The molecule has 21 heavy (non-hydrogen) atoms. The molecule has 0 aliphatic heterocycles. The maximum atomic E-state index is 12.9. The van der Waals surface area contributed by atoms with E-state index in [9.17, 15) is 4.39 Å². The Morgan fingerprint density at radius 2 is 1.86 bits per heavy atom. The van der Waals surface area contributed by atoms with Crippen LogP contribution < -0.4 is 5.32 Å². The number of halogens is 1. The Labute approximate surface area is 126 Å². The summed E-state index contributed by atoms with van der Waals surface area (Å²) in [5, 5.41) is 3.39. The molecule has 2 rings (SSSR count). The lowest BCUT2D eigenvalue weighted by molar-refractivity contribution is 0.617. The Balaban J connectivity index is 1.91. The van der Waals surface area contributed by atoms with Crippen molar-refractivity contribution in [1.29, 1.82) is 0 Å². The van der Waals surface area contributed by atoms with Crippen LogP contribution in [0.5, 0.6) is 0 Å². The number of nitrogens with one attached hydrogen (secondary N) is 1. The van der Waals surface area contributed by atoms with Gasteiger partial charge in [-0.1, -0.05) is 31.9 Å². The van der Waals surface area contributed by atoms with Gasteiger partial charge in [0, 0.05) is 5.69 Å². The first-order valence-corrected chi connectivity index (χ1v) is 7.66. The first-order valence-electron chi connectivity index (χ1n) is 7.66. The van der Waals surface area contributed by atoms with E-state index in [1.165, 1.54) is 37.1 Å². The number of rotatable bonds is 7. The summed E-state index contributed by atoms with van der Waals surface area (Å²) in [6.07, 6.45) is 6.18. The van der Waals surface area contributed by atoms with Crippen molar-refractivity contribution in [3.8, 4) is 0 Å². The first kappa shape index (κ1) is 15.5. The van der Waals surface area contributed by atoms with Gasteiger partial charge in [0.1, 0.15) is 5.82 Å². The van der Waals surface area contributed by atoms with Gasteiger partial charge < -0.3 is 5.32 Å². The minimum atomic E-state index is -0.303. The van der Waals surface area contributed by atoms with Crippen LogP contribution in [0.2, 0.25) is 0 Å². The highest BCUT2D eigenvalue weighted by Crippen LogP contribution is 2.19. The van der Waals surface area contributed by atoms with Gasteiger partial charge in [-0.2, -0.15) is 0 Å². The zero-order valence-corrected chi connectivity index (χ0v) is 12.8. The van der Waals surface area contributed by atoms with Crippen molar-refractivity contribution in [2.24, 2.45) is 0 Å². The highest BCUT2D eigenvalue weighted by molar-refractivity contribution is 5.46. The van der Waals surface area contributed by atoms with Crippen LogP contribution in [0.3, 0.4) is 0 Å². The van der Waals surface area contributed by atoms with Gasteiger partial charge >= 0.3 is 0 Å². The number of pyridine rings is 1. The first-order chi connectivity index (χ1) is 10.2. The van der Waals surface area contributed by atoms with Gasteiger partial charge in [0.05, 0.1) is 17.9 Å². The fraction of sp³-hybridized carbons (Fsp3) is 0.389. The van der Waals surface area contributed by atoms with Gasteiger partial charge in [-0.05, 0) is 49.6 Å². The van der Waals surface area contributed by atoms with E-state index in [1.54, 1.807) is 6.07 Å². The van der Waals surface area contributed by atoms with Gasteiger partial charge in [0.2, 0.25) is 0 Å². The van der Waals surface area contributed by atoms with Crippen molar-refractivity contribution in [3.63, 3.8) is 0 Å². The molecule has 0 amide bonds. The van der Waals surface area contributed by atoms with Crippen LogP contribution in [-0.4, -0.2) is 4.98 Å². The number of nitrogens with zero attached hydrogens (tertiary/aromatic N) is 1. The second-order valence-electron chi connectivity index (χ2n) is 5.42. The van der Waals surface area contributed by atoms with Crippen molar-refractivity contribution in [3.05, 3.63) is 59.7 Å². The standard InChI is InChI=1S/C18H23FN2/c1-3-4-5-6-15-7-10-17(11-8-15)21-14(2)18-12-9-16(19)13-20-18/h7-14,21H,3-6H2,1-2H3. The van der Waals surface area contributed by atoms with Crippen LogP contribution in [0, 0.1) is 5.82 Å². The number of aryl methyl sites for hydroxylation is 1. The Kier molecular flexibility index (Phi) is 5.73. The summed E-state index contributed by atoms with van der Waals surface area (Å²) in [5.41, 5.74) is 3.28. The van der Waals surface area contributed by atoms with E-state index in [2.05, 4.69) is 41.5 Å². The van der Waals surface area contributed by atoms with Crippen LogP contribution >= 0.6 is 0 Å². The number of hydrogen-bond donors (Lipinski definition) is 1. The molecule has 0 fully saturated rings. The van der Waals surface area contributed by atoms with Crippen LogP contribution in [0.4, 0.5) is 10.1 Å². The van der Waals surface area contributed by atoms with Gasteiger partial charge in [-0.25, -0.2) is 4.39 Å². The third kappa shape index (κ3) is 4.85. The Morgan fingerprint density at radius 3 is 2.48 bits per heavy atom. The monoisotopic (exact) mass is 286 g/mol. The van der Waals surface area contributed by atoms with E-state index >= 15 is 0 Å². The molecule has 0 bridgehead atoms. The SMILES string of the molecule is CCCCCc1ccc(NC(C)c2ccc(F)cn2)cc1. The Bertz CT molecular complexity index is 534. The molecule has 1 unspecified atom stereocenters. The molecule has 1 heterocycles. The van der Waals surface area contributed by atoms with Crippen molar-refractivity contribution in [1.82, 2.24) is 4.98 Å². The second-order valence-corrected chi connectivity index (χ2v) is 5.42. The molecule has 2 aromatic rings. The van der Waals surface area contributed by atoms with E-state index in [4.69, 9.17) is 0 Å². The number of aromatic nitrogens is 1. The molecular formula is C18H23FN2. The van der Waals surface area contributed by atoms with Crippen molar-refractivity contribution in [2.75, 3.05) is 5.32 Å². The quantitative estimate of drug-likeness (QED) is 0.714. The molecule has 1 aromatic carbocycles. The van der Waals surface area contributed by atoms with Gasteiger partial charge in [0.15, 0.2) is 0 Å². The zero-order chi connectivity index (χ0) is 15.1. The minimum Gasteiger partial charge on any atom is -0.377 e. The van der Waals surface area contributed by atoms with Gasteiger partial charge in [-0.15, -0.1) is 0 Å². The molecule has 1 aromatic heterocycles. The fourth-order valence-electron chi connectivity index (χ4n) is 2.31. The smallest absolute Gasteiger partial charge is 0.141 e. The Hall–Kier alpha value is -1.90. The molecule has 0 radical (unpaired) electrons. The third-order valence-electron chi connectivity index (χ3n) is 3.60. The van der Waals surface area contributed by atoms with Gasteiger partial charge in [-0.3, -0.25) is 4.98 Å². The predicted octanol–water partition coefficient (Wildman–Crippen LogP) is 5.13. The molecule has 1 atom stereocenters.